The Bertz CT molecular complexity index is 556. The number of rotatable bonds is 8. The third kappa shape index (κ3) is 5.58. The number of methoxy groups -OCH3 is 1. The van der Waals surface area contributed by atoms with Gasteiger partial charge in [0.2, 0.25) is 10.0 Å². The molecule has 0 radical (unpaired) electrons. The molecule has 1 atom stereocenters. The number of sulfonamides is 1. The van der Waals surface area contributed by atoms with E-state index < -0.39 is 28.2 Å². The van der Waals surface area contributed by atoms with E-state index in [1.165, 1.54) is 0 Å². The zero-order chi connectivity index (χ0) is 15.2. The van der Waals surface area contributed by atoms with Crippen LogP contribution >= 0.6 is 0 Å². The third-order valence-electron chi connectivity index (χ3n) is 2.68. The normalized spacial score (nSPS) is 12.9. The number of hydrogen-bond donors (Lipinski definition) is 2. The van der Waals surface area contributed by atoms with Gasteiger partial charge in [-0.2, -0.15) is 0 Å². The van der Waals surface area contributed by atoms with Crippen molar-refractivity contribution < 1.29 is 23.1 Å². The van der Waals surface area contributed by atoms with Crippen molar-refractivity contribution in [3.63, 3.8) is 0 Å². The highest BCUT2D eigenvalue weighted by Crippen LogP contribution is 2.19. The quantitative estimate of drug-likeness (QED) is 0.748. The number of carboxylic acids is 1. The molecule has 0 fully saturated rings. The predicted octanol–water partition coefficient (Wildman–Crippen LogP) is 1.02. The van der Waals surface area contributed by atoms with E-state index in [-0.39, 0.29) is 6.04 Å². The minimum atomic E-state index is -3.59. The van der Waals surface area contributed by atoms with Gasteiger partial charge in [-0.25, -0.2) is 13.1 Å². The molecule has 0 aromatic heterocycles. The summed E-state index contributed by atoms with van der Waals surface area (Å²) in [4.78, 5) is 10.4. The lowest BCUT2D eigenvalue weighted by Gasteiger charge is -2.15. The number of aliphatic carboxylic acids is 1. The van der Waals surface area contributed by atoms with Crippen molar-refractivity contribution in [3.8, 4) is 5.75 Å². The number of ether oxygens (including phenoxy) is 1. The summed E-state index contributed by atoms with van der Waals surface area (Å²) < 4.78 is 31.0. The number of carbonyl (C=O) groups is 1. The maximum Gasteiger partial charge on any atom is 0.304 e. The van der Waals surface area contributed by atoms with Gasteiger partial charge in [-0.15, -0.1) is 0 Å². The number of benzene rings is 1. The van der Waals surface area contributed by atoms with Gasteiger partial charge in [0.05, 0.1) is 19.3 Å². The minimum Gasteiger partial charge on any atom is -0.496 e. The summed E-state index contributed by atoms with van der Waals surface area (Å²) in [6.07, 6.45) is 0.0625. The van der Waals surface area contributed by atoms with E-state index in [0.717, 1.165) is 5.56 Å². The highest BCUT2D eigenvalue weighted by molar-refractivity contribution is 7.89. The Morgan fingerprint density at radius 1 is 1.40 bits per heavy atom. The van der Waals surface area contributed by atoms with Gasteiger partial charge in [-0.05, 0) is 25.0 Å². The smallest absolute Gasteiger partial charge is 0.304 e. The van der Waals surface area contributed by atoms with Crippen molar-refractivity contribution in [2.75, 3.05) is 12.9 Å². The van der Waals surface area contributed by atoms with Gasteiger partial charge in [-0.1, -0.05) is 18.2 Å². The summed E-state index contributed by atoms with van der Waals surface area (Å²) in [5.74, 6) is -0.852. The lowest BCUT2D eigenvalue weighted by Crippen LogP contribution is -2.36. The first-order chi connectivity index (χ1) is 9.34. The fraction of sp³-hybridized carbons (Fsp3) is 0.462. The Hall–Kier alpha value is -1.60. The van der Waals surface area contributed by atoms with Crippen LogP contribution in [0.4, 0.5) is 0 Å². The van der Waals surface area contributed by atoms with E-state index in [0.29, 0.717) is 12.2 Å². The van der Waals surface area contributed by atoms with Gasteiger partial charge in [0.25, 0.3) is 0 Å². The van der Waals surface area contributed by atoms with Crippen molar-refractivity contribution in [1.82, 2.24) is 4.72 Å². The second-order valence-electron chi connectivity index (χ2n) is 4.50. The van der Waals surface area contributed by atoms with Crippen LogP contribution in [-0.2, 0) is 21.2 Å². The topological polar surface area (TPSA) is 92.7 Å². The maximum atomic E-state index is 11.7. The van der Waals surface area contributed by atoms with E-state index in [4.69, 9.17) is 9.84 Å². The van der Waals surface area contributed by atoms with E-state index >= 15 is 0 Å². The Kier molecular flexibility index (Phi) is 5.97. The van der Waals surface area contributed by atoms with Crippen molar-refractivity contribution in [2.45, 2.75) is 25.8 Å². The van der Waals surface area contributed by atoms with Crippen LogP contribution in [-0.4, -0.2) is 38.4 Å². The first-order valence-electron chi connectivity index (χ1n) is 6.17. The van der Waals surface area contributed by atoms with Crippen LogP contribution in [0.5, 0.6) is 5.75 Å². The molecule has 2 N–H and O–H groups in total. The average molecular weight is 301 g/mol. The Labute approximate surface area is 118 Å². The minimum absolute atomic E-state index is 0.343. The Morgan fingerprint density at radius 3 is 2.65 bits per heavy atom. The van der Waals surface area contributed by atoms with Crippen LogP contribution in [0.15, 0.2) is 24.3 Å². The monoisotopic (exact) mass is 301 g/mol. The molecule has 20 heavy (non-hydrogen) atoms. The summed E-state index contributed by atoms with van der Waals surface area (Å²) in [7, 11) is -2.03. The molecule has 6 nitrogen and oxygen atoms in total. The lowest BCUT2D eigenvalue weighted by molar-refractivity contribution is -0.136. The van der Waals surface area contributed by atoms with Gasteiger partial charge in [0, 0.05) is 6.04 Å². The number of nitrogens with one attached hydrogen (secondary N) is 1. The SMILES string of the molecule is COc1ccccc1CC(C)NS(=O)(=O)CCC(=O)O. The fourth-order valence-electron chi connectivity index (χ4n) is 1.83. The molecule has 0 aliphatic rings. The number of carboxylic acid groups (broad SMARTS) is 1. The second kappa shape index (κ2) is 7.25. The highest BCUT2D eigenvalue weighted by atomic mass is 32.2. The molecule has 0 aliphatic carbocycles. The van der Waals surface area contributed by atoms with E-state index in [1.807, 2.05) is 18.2 Å². The fourth-order valence-corrected chi connectivity index (χ4v) is 3.09. The van der Waals surface area contributed by atoms with Gasteiger partial charge >= 0.3 is 5.97 Å². The van der Waals surface area contributed by atoms with Crippen molar-refractivity contribution >= 4 is 16.0 Å². The van der Waals surface area contributed by atoms with Crippen molar-refractivity contribution in [1.29, 1.82) is 0 Å². The Morgan fingerprint density at radius 2 is 2.05 bits per heavy atom. The molecule has 112 valence electrons. The van der Waals surface area contributed by atoms with Crippen LogP contribution in [0.1, 0.15) is 18.9 Å². The molecule has 0 spiro atoms. The molecule has 1 aromatic rings. The van der Waals surface area contributed by atoms with E-state index in [9.17, 15) is 13.2 Å². The number of hydrogen-bond acceptors (Lipinski definition) is 4. The van der Waals surface area contributed by atoms with Crippen LogP contribution < -0.4 is 9.46 Å². The molecular formula is C13H19NO5S. The van der Waals surface area contributed by atoms with E-state index in [1.54, 1.807) is 20.1 Å². The summed E-state index contributed by atoms with van der Waals surface area (Å²) in [6.45, 7) is 1.73. The zero-order valence-electron chi connectivity index (χ0n) is 11.5. The summed E-state index contributed by atoms with van der Waals surface area (Å²) in [5, 5.41) is 8.51. The second-order valence-corrected chi connectivity index (χ2v) is 6.37. The van der Waals surface area contributed by atoms with Gasteiger partial charge in [-0.3, -0.25) is 4.79 Å². The molecule has 0 saturated heterocycles. The third-order valence-corrected chi connectivity index (χ3v) is 4.19. The molecule has 7 heteroatoms. The predicted molar refractivity (Wildman–Crippen MR) is 75.3 cm³/mol. The summed E-state index contributed by atoms with van der Waals surface area (Å²) in [5.41, 5.74) is 0.892. The standard InChI is InChI=1S/C13H19NO5S/c1-10(14-20(17,18)8-7-13(15)16)9-11-5-3-4-6-12(11)19-2/h3-6,10,14H,7-9H2,1-2H3,(H,15,16). The first kappa shape index (κ1) is 16.5. The van der Waals surface area contributed by atoms with Crippen molar-refractivity contribution in [3.05, 3.63) is 29.8 Å². The average Bonchev–Trinajstić information content (AvgIpc) is 2.36. The Balaban J connectivity index is 2.63. The van der Waals surface area contributed by atoms with E-state index in [2.05, 4.69) is 4.72 Å². The van der Waals surface area contributed by atoms with Gasteiger partial charge < -0.3 is 9.84 Å². The van der Waals surface area contributed by atoms with Crippen LogP contribution in [0.3, 0.4) is 0 Å². The molecule has 0 bridgehead atoms. The molecule has 0 heterocycles. The summed E-state index contributed by atoms with van der Waals surface area (Å²) >= 11 is 0. The molecule has 1 aromatic carbocycles. The van der Waals surface area contributed by atoms with Crippen molar-refractivity contribution in [2.24, 2.45) is 0 Å². The van der Waals surface area contributed by atoms with Gasteiger partial charge in [0.15, 0.2) is 0 Å². The molecule has 0 saturated carbocycles. The van der Waals surface area contributed by atoms with Gasteiger partial charge in [0.1, 0.15) is 5.75 Å². The zero-order valence-corrected chi connectivity index (χ0v) is 12.3. The molecule has 0 aliphatic heterocycles. The molecule has 1 unspecified atom stereocenters. The largest absolute Gasteiger partial charge is 0.496 e. The van der Waals surface area contributed by atoms with Crippen LogP contribution in [0.2, 0.25) is 0 Å². The first-order valence-corrected chi connectivity index (χ1v) is 7.83. The molecule has 1 rings (SSSR count). The summed E-state index contributed by atoms with van der Waals surface area (Å²) in [6, 6.07) is 7.01. The van der Waals surface area contributed by atoms with Crippen LogP contribution in [0.25, 0.3) is 0 Å². The van der Waals surface area contributed by atoms with Crippen LogP contribution in [0, 0.1) is 0 Å². The molecule has 0 amide bonds. The molecular weight excluding hydrogens is 282 g/mol. The number of para-hydroxylation sites is 1. The lowest BCUT2D eigenvalue weighted by atomic mass is 10.1. The maximum absolute atomic E-state index is 11.7. The highest BCUT2D eigenvalue weighted by Gasteiger charge is 2.17.